The molecule has 0 unspecified atom stereocenters. The molecule has 0 aliphatic heterocycles. The Morgan fingerprint density at radius 1 is 0.277 bits per heavy atom. The molecule has 1 heteroatoms. The first kappa shape index (κ1) is 26.1. The summed E-state index contributed by atoms with van der Waals surface area (Å²) < 4.78 is 6.80. The lowest BCUT2D eigenvalue weighted by Crippen LogP contribution is -1.91. The second-order valence-electron chi connectivity index (χ2n) is 12.4. The van der Waals surface area contributed by atoms with Gasteiger partial charge in [-0.1, -0.05) is 158 Å². The quantitative estimate of drug-likeness (QED) is 0.146. The van der Waals surface area contributed by atoms with Gasteiger partial charge < -0.3 is 4.42 Å². The summed E-state index contributed by atoms with van der Waals surface area (Å²) in [5.74, 6) is 0. The first-order valence-corrected chi connectivity index (χ1v) is 16.2. The molecule has 0 spiro atoms. The van der Waals surface area contributed by atoms with E-state index in [-0.39, 0.29) is 0 Å². The Bertz CT molecular complexity index is 2760. The van der Waals surface area contributed by atoms with Gasteiger partial charge in [0.25, 0.3) is 0 Å². The van der Waals surface area contributed by atoms with Crippen LogP contribution in [0.2, 0.25) is 0 Å². The first-order chi connectivity index (χ1) is 23.3. The zero-order chi connectivity index (χ0) is 30.9. The summed E-state index contributed by atoms with van der Waals surface area (Å²) in [4.78, 5) is 0. The molecule has 0 atom stereocenters. The van der Waals surface area contributed by atoms with Gasteiger partial charge in [-0.25, -0.2) is 0 Å². The van der Waals surface area contributed by atoms with Crippen LogP contribution in [0.15, 0.2) is 174 Å². The summed E-state index contributed by atoms with van der Waals surface area (Å²) in [5.41, 5.74) is 9.19. The lowest BCUT2D eigenvalue weighted by molar-refractivity contribution is 0.673. The maximum Gasteiger partial charge on any atom is 0.143 e. The summed E-state index contributed by atoms with van der Waals surface area (Å²) in [6.45, 7) is 0. The Labute approximate surface area is 271 Å². The van der Waals surface area contributed by atoms with Gasteiger partial charge in [0.05, 0.1) is 0 Å². The van der Waals surface area contributed by atoms with Crippen molar-refractivity contribution in [2.75, 3.05) is 0 Å². The highest BCUT2D eigenvalue weighted by Crippen LogP contribution is 2.46. The Hall–Kier alpha value is -6.18. The average molecular weight is 597 g/mol. The number of hydrogen-bond acceptors (Lipinski definition) is 1. The van der Waals surface area contributed by atoms with E-state index >= 15 is 0 Å². The van der Waals surface area contributed by atoms with Gasteiger partial charge in [0.1, 0.15) is 11.2 Å². The lowest BCUT2D eigenvalue weighted by atomic mass is 9.85. The van der Waals surface area contributed by atoms with E-state index in [1.165, 1.54) is 70.9 Å². The van der Waals surface area contributed by atoms with Gasteiger partial charge in [-0.2, -0.15) is 0 Å². The van der Waals surface area contributed by atoms with Crippen molar-refractivity contribution in [3.8, 4) is 33.4 Å². The monoisotopic (exact) mass is 596 g/mol. The van der Waals surface area contributed by atoms with Crippen molar-refractivity contribution in [1.29, 1.82) is 0 Å². The van der Waals surface area contributed by atoms with E-state index in [9.17, 15) is 0 Å². The van der Waals surface area contributed by atoms with Gasteiger partial charge in [0.15, 0.2) is 0 Å². The summed E-state index contributed by atoms with van der Waals surface area (Å²) >= 11 is 0. The molecule has 0 amide bonds. The van der Waals surface area contributed by atoms with Crippen LogP contribution in [0.5, 0.6) is 0 Å². The highest BCUT2D eigenvalue weighted by Gasteiger charge is 2.19. The Kier molecular flexibility index (Phi) is 5.64. The van der Waals surface area contributed by atoms with E-state index in [1.54, 1.807) is 0 Å². The van der Waals surface area contributed by atoms with Crippen LogP contribution in [0.1, 0.15) is 0 Å². The third kappa shape index (κ3) is 3.90. The standard InChI is InChI=1S/C46H28O/c1-2-12-29(13-3-1)30-22-24-31(25-23-30)43-36-17-7-9-19-38(36)44(39-20-10-8-18-37(39)43)32-26-27-41-42(28-32)47-46-40-21-11-5-15-34(40)33-14-4-6-16-35(33)45(41)46/h1-28H. The fourth-order valence-electron chi connectivity index (χ4n) is 7.77. The van der Waals surface area contributed by atoms with Crippen LogP contribution in [0.3, 0.4) is 0 Å². The molecule has 1 aromatic heterocycles. The minimum Gasteiger partial charge on any atom is -0.455 e. The van der Waals surface area contributed by atoms with E-state index in [1.807, 2.05) is 0 Å². The predicted molar refractivity (Wildman–Crippen MR) is 200 cm³/mol. The second-order valence-corrected chi connectivity index (χ2v) is 12.4. The zero-order valence-corrected chi connectivity index (χ0v) is 25.6. The fraction of sp³-hybridized carbons (Fsp3) is 0. The second kappa shape index (κ2) is 10.2. The smallest absolute Gasteiger partial charge is 0.143 e. The van der Waals surface area contributed by atoms with Gasteiger partial charge in [0, 0.05) is 16.2 Å². The Morgan fingerprint density at radius 2 is 0.702 bits per heavy atom. The average Bonchev–Trinajstić information content (AvgIpc) is 3.54. The number of hydrogen-bond donors (Lipinski definition) is 0. The van der Waals surface area contributed by atoms with Crippen molar-refractivity contribution in [2.24, 2.45) is 0 Å². The highest BCUT2D eigenvalue weighted by atomic mass is 16.3. The van der Waals surface area contributed by atoms with Crippen molar-refractivity contribution in [3.05, 3.63) is 170 Å². The van der Waals surface area contributed by atoms with Crippen LogP contribution in [0.4, 0.5) is 0 Å². The molecule has 0 aliphatic rings. The summed E-state index contributed by atoms with van der Waals surface area (Å²) in [5, 5.41) is 12.2. The van der Waals surface area contributed by atoms with Crippen molar-refractivity contribution >= 4 is 65.0 Å². The summed E-state index contributed by atoms with van der Waals surface area (Å²) in [7, 11) is 0. The predicted octanol–water partition coefficient (Wildman–Crippen LogP) is 13.2. The molecule has 1 nitrogen and oxygen atoms in total. The maximum absolute atomic E-state index is 6.80. The molecule has 10 rings (SSSR count). The largest absolute Gasteiger partial charge is 0.455 e. The molecule has 0 bridgehead atoms. The summed E-state index contributed by atoms with van der Waals surface area (Å²) in [6.07, 6.45) is 0. The van der Waals surface area contributed by atoms with E-state index in [2.05, 4.69) is 170 Å². The topological polar surface area (TPSA) is 13.1 Å². The number of benzene rings is 9. The maximum atomic E-state index is 6.80. The van der Waals surface area contributed by atoms with Crippen LogP contribution >= 0.6 is 0 Å². The fourth-order valence-corrected chi connectivity index (χ4v) is 7.77. The molecule has 0 fully saturated rings. The molecule has 0 radical (unpaired) electrons. The number of furan rings is 1. The van der Waals surface area contributed by atoms with Crippen LogP contribution in [0.25, 0.3) is 98.4 Å². The Balaban J connectivity index is 1.23. The van der Waals surface area contributed by atoms with Gasteiger partial charge in [-0.3, -0.25) is 0 Å². The van der Waals surface area contributed by atoms with E-state index in [0.717, 1.165) is 27.5 Å². The van der Waals surface area contributed by atoms with Crippen LogP contribution in [-0.4, -0.2) is 0 Å². The third-order valence-electron chi connectivity index (χ3n) is 9.85. The van der Waals surface area contributed by atoms with Gasteiger partial charge in [0.2, 0.25) is 0 Å². The van der Waals surface area contributed by atoms with E-state index in [0.29, 0.717) is 0 Å². The number of fused-ring (bicyclic) bond motifs is 10. The van der Waals surface area contributed by atoms with Crippen molar-refractivity contribution in [2.45, 2.75) is 0 Å². The van der Waals surface area contributed by atoms with Gasteiger partial charge in [-0.05, 0) is 83.2 Å². The van der Waals surface area contributed by atoms with Crippen LogP contribution in [-0.2, 0) is 0 Å². The molecular formula is C46H28O. The third-order valence-corrected chi connectivity index (χ3v) is 9.85. The molecular weight excluding hydrogens is 569 g/mol. The molecule has 9 aromatic carbocycles. The number of rotatable bonds is 3. The van der Waals surface area contributed by atoms with E-state index in [4.69, 9.17) is 4.42 Å². The van der Waals surface area contributed by atoms with Crippen molar-refractivity contribution in [1.82, 2.24) is 0 Å². The minimum atomic E-state index is 0.910. The highest BCUT2D eigenvalue weighted by molar-refractivity contribution is 6.30. The first-order valence-electron chi connectivity index (χ1n) is 16.2. The normalized spacial score (nSPS) is 11.8. The minimum absolute atomic E-state index is 0.910. The molecule has 218 valence electrons. The van der Waals surface area contributed by atoms with Crippen molar-refractivity contribution < 1.29 is 4.42 Å². The molecule has 0 N–H and O–H groups in total. The van der Waals surface area contributed by atoms with E-state index < -0.39 is 0 Å². The Morgan fingerprint density at radius 3 is 1.32 bits per heavy atom. The molecule has 1 heterocycles. The SMILES string of the molecule is c1ccc(-c2ccc(-c3c4ccccc4c(-c4ccc5c(c4)oc4c6ccccc6c6ccccc6c54)c4ccccc34)cc2)cc1. The van der Waals surface area contributed by atoms with Crippen molar-refractivity contribution in [3.63, 3.8) is 0 Å². The molecule has 10 aromatic rings. The zero-order valence-electron chi connectivity index (χ0n) is 25.6. The van der Waals surface area contributed by atoms with Gasteiger partial charge >= 0.3 is 0 Å². The molecule has 0 aliphatic carbocycles. The summed E-state index contributed by atoms with van der Waals surface area (Å²) in [6, 6.07) is 61.4. The molecule has 0 saturated heterocycles. The van der Waals surface area contributed by atoms with Crippen LogP contribution in [0, 0.1) is 0 Å². The van der Waals surface area contributed by atoms with Gasteiger partial charge in [-0.15, -0.1) is 0 Å². The molecule has 47 heavy (non-hydrogen) atoms. The molecule has 0 saturated carbocycles. The lowest BCUT2D eigenvalue weighted by Gasteiger charge is -2.18. The van der Waals surface area contributed by atoms with Crippen LogP contribution < -0.4 is 0 Å².